The van der Waals surface area contributed by atoms with Crippen LogP contribution in [-0.4, -0.2) is 0 Å². The molecule has 0 unspecified atom stereocenters. The molecule has 1 nitrogen and oxygen atoms in total. The molecular formula is C21H19ClN. The number of benzene rings is 3. The van der Waals surface area contributed by atoms with Gasteiger partial charge < -0.3 is 4.90 Å². The van der Waals surface area contributed by atoms with Gasteiger partial charge in [-0.3, -0.25) is 0 Å². The summed E-state index contributed by atoms with van der Waals surface area (Å²) in [6, 6.07) is 30.4. The minimum Gasteiger partial charge on any atom is -0.363 e. The highest BCUT2D eigenvalue weighted by Crippen LogP contribution is 2.22. The van der Waals surface area contributed by atoms with Crippen molar-refractivity contribution in [3.63, 3.8) is 0 Å². The molecule has 0 bridgehead atoms. The van der Waals surface area contributed by atoms with E-state index in [-0.39, 0.29) is 0 Å². The second-order valence-corrected chi connectivity index (χ2v) is 5.80. The van der Waals surface area contributed by atoms with Crippen molar-refractivity contribution in [2.75, 3.05) is 4.90 Å². The summed E-state index contributed by atoms with van der Waals surface area (Å²) in [4.78, 5) is 2.37. The van der Waals surface area contributed by atoms with Crippen molar-refractivity contribution >= 4 is 17.3 Å². The molecule has 0 aromatic heterocycles. The van der Waals surface area contributed by atoms with E-state index in [1.165, 1.54) is 16.8 Å². The number of hydrogen-bond acceptors (Lipinski definition) is 1. The molecule has 0 aliphatic heterocycles. The molecule has 0 aliphatic carbocycles. The Bertz CT molecular complexity index is 684. The van der Waals surface area contributed by atoms with Gasteiger partial charge >= 0.3 is 0 Å². The normalized spacial score (nSPS) is 10.5. The van der Waals surface area contributed by atoms with Gasteiger partial charge in [0.1, 0.15) is 0 Å². The fourth-order valence-electron chi connectivity index (χ4n) is 2.62. The molecule has 2 heteroatoms. The lowest BCUT2D eigenvalue weighted by molar-refractivity contribution is 0.799. The maximum atomic E-state index is 5.97. The molecule has 1 radical (unpaired) electrons. The van der Waals surface area contributed by atoms with Gasteiger partial charge in [-0.25, -0.2) is 0 Å². The lowest BCUT2D eigenvalue weighted by atomic mass is 10.1. The average Bonchev–Trinajstić information content (AvgIpc) is 2.63. The first-order valence-electron chi connectivity index (χ1n) is 7.74. The first-order chi connectivity index (χ1) is 11.3. The third-order valence-electron chi connectivity index (χ3n) is 3.79. The molecule has 0 fully saturated rings. The Hall–Kier alpha value is -2.25. The molecule has 0 atom stereocenters. The van der Waals surface area contributed by atoms with Crippen molar-refractivity contribution < 1.29 is 0 Å². The van der Waals surface area contributed by atoms with Crippen LogP contribution in [0.25, 0.3) is 0 Å². The van der Waals surface area contributed by atoms with Crippen molar-refractivity contribution in [1.82, 2.24) is 0 Å². The number of hydrogen-bond donors (Lipinski definition) is 0. The van der Waals surface area contributed by atoms with Crippen LogP contribution in [-0.2, 0) is 19.0 Å². The first kappa shape index (κ1) is 15.6. The molecule has 3 aromatic carbocycles. The van der Waals surface area contributed by atoms with Crippen molar-refractivity contribution in [3.8, 4) is 0 Å². The second kappa shape index (κ2) is 7.85. The topological polar surface area (TPSA) is 3.24 Å². The summed E-state index contributed by atoms with van der Waals surface area (Å²) in [6.45, 7) is 1.73. The van der Waals surface area contributed by atoms with Gasteiger partial charge in [0, 0.05) is 24.7 Å². The van der Waals surface area contributed by atoms with Crippen molar-refractivity contribution in [2.45, 2.75) is 19.0 Å². The van der Waals surface area contributed by atoms with Crippen molar-refractivity contribution in [3.05, 3.63) is 102 Å². The minimum absolute atomic E-state index is 0.484. The number of nitrogens with zero attached hydrogens (tertiary/aromatic N) is 1. The summed E-state index contributed by atoms with van der Waals surface area (Å²) in [7, 11) is 0. The summed E-state index contributed by atoms with van der Waals surface area (Å²) in [5.74, 6) is 0.484. The van der Waals surface area contributed by atoms with E-state index in [1.807, 2.05) is 18.2 Å². The highest BCUT2D eigenvalue weighted by Gasteiger charge is 2.09. The van der Waals surface area contributed by atoms with Crippen LogP contribution < -0.4 is 4.90 Å². The monoisotopic (exact) mass is 320 g/mol. The largest absolute Gasteiger partial charge is 0.363 e. The van der Waals surface area contributed by atoms with E-state index in [2.05, 4.69) is 71.6 Å². The van der Waals surface area contributed by atoms with Gasteiger partial charge in [0.2, 0.25) is 0 Å². The van der Waals surface area contributed by atoms with E-state index >= 15 is 0 Å². The molecule has 115 valence electrons. The fourth-order valence-corrected chi connectivity index (χ4v) is 2.78. The summed E-state index contributed by atoms with van der Waals surface area (Å²) in [5, 5.41) is 0. The van der Waals surface area contributed by atoms with Crippen LogP contribution in [0, 0.1) is 6.07 Å². The summed E-state index contributed by atoms with van der Waals surface area (Å²) < 4.78 is 0. The van der Waals surface area contributed by atoms with Gasteiger partial charge in [0.25, 0.3) is 0 Å². The number of anilines is 1. The molecule has 0 aliphatic rings. The highest BCUT2D eigenvalue weighted by molar-refractivity contribution is 6.17. The molecule has 0 amide bonds. The maximum Gasteiger partial charge on any atom is 0.0480 e. The van der Waals surface area contributed by atoms with Gasteiger partial charge in [-0.1, -0.05) is 66.7 Å². The van der Waals surface area contributed by atoms with Crippen LogP contribution >= 0.6 is 11.6 Å². The van der Waals surface area contributed by atoms with Crippen LogP contribution in [0.4, 0.5) is 5.69 Å². The Balaban J connectivity index is 1.88. The highest BCUT2D eigenvalue weighted by atomic mass is 35.5. The van der Waals surface area contributed by atoms with E-state index in [1.54, 1.807) is 0 Å². The van der Waals surface area contributed by atoms with Crippen LogP contribution in [0.15, 0.2) is 78.9 Å². The smallest absolute Gasteiger partial charge is 0.0480 e. The SMILES string of the molecule is ClCc1[c]ccc(N(Cc2ccccc2)Cc2ccccc2)c1. The second-order valence-electron chi connectivity index (χ2n) is 5.53. The maximum absolute atomic E-state index is 5.97. The summed E-state index contributed by atoms with van der Waals surface area (Å²) in [5.41, 5.74) is 4.79. The third-order valence-corrected chi connectivity index (χ3v) is 4.07. The Morgan fingerprint density at radius 1 is 0.783 bits per heavy atom. The third kappa shape index (κ3) is 4.37. The fraction of sp³-hybridized carbons (Fsp3) is 0.143. The van der Waals surface area contributed by atoms with Crippen LogP contribution in [0.1, 0.15) is 16.7 Å². The molecular weight excluding hydrogens is 302 g/mol. The van der Waals surface area contributed by atoms with Gasteiger partial charge in [-0.2, -0.15) is 0 Å². The van der Waals surface area contributed by atoms with Crippen molar-refractivity contribution in [1.29, 1.82) is 0 Å². The first-order valence-corrected chi connectivity index (χ1v) is 8.28. The molecule has 0 spiro atoms. The lowest BCUT2D eigenvalue weighted by Crippen LogP contribution is -2.22. The van der Waals surface area contributed by atoms with E-state index in [9.17, 15) is 0 Å². The predicted molar refractivity (Wildman–Crippen MR) is 97.6 cm³/mol. The zero-order valence-electron chi connectivity index (χ0n) is 13.0. The molecule has 3 rings (SSSR count). The lowest BCUT2D eigenvalue weighted by Gasteiger charge is -2.25. The van der Waals surface area contributed by atoms with Crippen LogP contribution in [0.5, 0.6) is 0 Å². The number of alkyl halides is 1. The van der Waals surface area contributed by atoms with Gasteiger partial charge in [0.15, 0.2) is 0 Å². The average molecular weight is 321 g/mol. The van der Waals surface area contributed by atoms with E-state index in [4.69, 9.17) is 11.6 Å². The van der Waals surface area contributed by atoms with E-state index in [0.29, 0.717) is 5.88 Å². The standard InChI is InChI=1S/C21H19ClN/c22-15-20-12-7-13-21(14-20)23(16-18-8-3-1-4-9-18)17-19-10-5-2-6-11-19/h1-11,13-14H,15-17H2. The number of halogens is 1. The summed E-state index contributed by atoms with van der Waals surface area (Å²) in [6.07, 6.45) is 0. The van der Waals surface area contributed by atoms with E-state index < -0.39 is 0 Å². The van der Waals surface area contributed by atoms with Crippen LogP contribution in [0.2, 0.25) is 0 Å². The zero-order valence-corrected chi connectivity index (χ0v) is 13.7. The van der Waals surface area contributed by atoms with Gasteiger partial charge in [-0.05, 0) is 34.9 Å². The molecule has 0 heterocycles. The van der Waals surface area contributed by atoms with Crippen molar-refractivity contribution in [2.24, 2.45) is 0 Å². The quantitative estimate of drug-likeness (QED) is 0.547. The van der Waals surface area contributed by atoms with Gasteiger partial charge in [-0.15, -0.1) is 11.6 Å². The predicted octanol–water partition coefficient (Wildman–Crippen LogP) is 5.43. The summed E-state index contributed by atoms with van der Waals surface area (Å²) >= 11 is 5.97. The van der Waals surface area contributed by atoms with Crippen LogP contribution in [0.3, 0.4) is 0 Å². The Morgan fingerprint density at radius 2 is 1.35 bits per heavy atom. The molecule has 3 aromatic rings. The molecule has 0 saturated heterocycles. The Kier molecular flexibility index (Phi) is 5.33. The Morgan fingerprint density at radius 3 is 1.87 bits per heavy atom. The van der Waals surface area contributed by atoms with E-state index in [0.717, 1.165) is 18.7 Å². The minimum atomic E-state index is 0.484. The molecule has 0 N–H and O–H groups in total. The Labute approximate surface area is 143 Å². The van der Waals surface area contributed by atoms with Gasteiger partial charge in [0.05, 0.1) is 0 Å². The molecule has 0 saturated carbocycles. The molecule has 23 heavy (non-hydrogen) atoms. The zero-order chi connectivity index (χ0) is 15.9. The number of rotatable bonds is 6.